The number of hydrogen-bond acceptors (Lipinski definition) is 10. The lowest BCUT2D eigenvalue weighted by molar-refractivity contribution is -0.134. The Hall–Kier alpha value is -5.80. The van der Waals surface area contributed by atoms with Crippen molar-refractivity contribution in [1.82, 2.24) is 44.4 Å². The van der Waals surface area contributed by atoms with E-state index in [-0.39, 0.29) is 48.7 Å². The number of hydrogen-bond donors (Lipinski definition) is 2. The summed E-state index contributed by atoms with van der Waals surface area (Å²) in [4.78, 5) is 46.9. The molecule has 7 heterocycles. The van der Waals surface area contributed by atoms with Gasteiger partial charge in [-0.1, -0.05) is 36.8 Å². The summed E-state index contributed by atoms with van der Waals surface area (Å²) in [5.74, 6) is 7.12. The molecule has 5 aliphatic rings. The number of para-hydroxylation sites is 1. The molecule has 18 heteroatoms. The second kappa shape index (κ2) is 17.6. The number of ether oxygens (including phenoxy) is 1. The molecule has 336 valence electrons. The molecule has 2 aliphatic carbocycles. The smallest absolute Gasteiger partial charge is 0.284 e. The number of halogens is 3. The number of amides is 3. The van der Waals surface area contributed by atoms with E-state index in [1.807, 2.05) is 24.3 Å². The van der Waals surface area contributed by atoms with Gasteiger partial charge in [0.15, 0.2) is 11.3 Å². The van der Waals surface area contributed by atoms with Gasteiger partial charge in [-0.3, -0.25) is 34.0 Å². The number of benzene rings is 1. The van der Waals surface area contributed by atoms with E-state index in [4.69, 9.17) is 9.72 Å². The van der Waals surface area contributed by atoms with Gasteiger partial charge in [-0.05, 0) is 74.8 Å². The Bertz CT molecular complexity index is 2630. The van der Waals surface area contributed by atoms with E-state index >= 15 is 4.39 Å². The van der Waals surface area contributed by atoms with Crippen LogP contribution in [0.15, 0.2) is 42.9 Å². The van der Waals surface area contributed by atoms with Crippen molar-refractivity contribution in [2.24, 2.45) is 24.8 Å². The highest BCUT2D eigenvalue weighted by Crippen LogP contribution is 2.39. The van der Waals surface area contributed by atoms with Crippen LogP contribution in [-0.4, -0.2) is 108 Å². The molecule has 15 nitrogen and oxygen atoms in total. The molecule has 2 saturated carbocycles. The average Bonchev–Trinajstić information content (AvgIpc) is 3.66. The number of piperidine rings is 2. The SMILES string of the molecule is Cn1nc(C2CCC(=O)NC2=O)c2cccc(C#CCO[C@@H]3CCN(CC4CCC(n5cc(NC(=O)c6cnn7ccc(N8CC(CC9CC9)C8)nc67)c(C(F)F)n5)CC4)C[C@@H]3F)c21. The van der Waals surface area contributed by atoms with E-state index in [0.29, 0.717) is 42.6 Å². The summed E-state index contributed by atoms with van der Waals surface area (Å²) in [6.45, 7) is 3.63. The van der Waals surface area contributed by atoms with Gasteiger partial charge in [0.05, 0.1) is 46.7 Å². The molecule has 0 spiro atoms. The summed E-state index contributed by atoms with van der Waals surface area (Å²) in [5, 5.41) is 19.1. The van der Waals surface area contributed by atoms with Crippen LogP contribution in [-0.2, 0) is 21.4 Å². The Morgan fingerprint density at radius 3 is 2.58 bits per heavy atom. The van der Waals surface area contributed by atoms with Crippen molar-refractivity contribution in [3.8, 4) is 11.8 Å². The van der Waals surface area contributed by atoms with E-state index in [1.54, 1.807) is 22.6 Å². The molecule has 1 unspecified atom stereocenters. The third-order valence-electron chi connectivity index (χ3n) is 13.8. The van der Waals surface area contributed by atoms with Gasteiger partial charge in [-0.15, -0.1) is 0 Å². The third kappa shape index (κ3) is 8.71. The van der Waals surface area contributed by atoms with Crippen LogP contribution in [0.4, 0.5) is 24.7 Å². The zero-order valence-corrected chi connectivity index (χ0v) is 35.8. The van der Waals surface area contributed by atoms with Crippen LogP contribution in [0.5, 0.6) is 0 Å². The molecule has 0 bridgehead atoms. The van der Waals surface area contributed by atoms with Crippen molar-refractivity contribution in [3.63, 3.8) is 0 Å². The molecule has 5 aromatic rings. The van der Waals surface area contributed by atoms with Gasteiger partial charge >= 0.3 is 0 Å². The van der Waals surface area contributed by atoms with Crippen LogP contribution in [0.1, 0.15) is 110 Å². The van der Waals surface area contributed by atoms with Gasteiger partial charge in [0.1, 0.15) is 24.2 Å². The molecule has 4 aromatic heterocycles. The molecule has 64 heavy (non-hydrogen) atoms. The molecule has 3 aliphatic heterocycles. The van der Waals surface area contributed by atoms with Gasteiger partial charge in [-0.25, -0.2) is 22.7 Å². The minimum Gasteiger partial charge on any atom is -0.362 e. The van der Waals surface area contributed by atoms with Crippen molar-refractivity contribution >= 4 is 45.8 Å². The topological polar surface area (TPSA) is 157 Å². The van der Waals surface area contributed by atoms with Gasteiger partial charge in [0, 0.05) is 64.0 Å². The number of alkyl halides is 3. The molecule has 1 aromatic carbocycles. The van der Waals surface area contributed by atoms with Gasteiger partial charge < -0.3 is 15.0 Å². The highest BCUT2D eigenvalue weighted by molar-refractivity contribution is 6.08. The number of aryl methyl sites for hydroxylation is 1. The zero-order valence-electron chi connectivity index (χ0n) is 35.8. The largest absolute Gasteiger partial charge is 0.362 e. The molecule has 3 saturated heterocycles. The van der Waals surface area contributed by atoms with Crippen LogP contribution in [0, 0.1) is 29.6 Å². The minimum absolute atomic E-state index is 0.0280. The number of aromatic nitrogens is 7. The first kappa shape index (κ1) is 42.2. The highest BCUT2D eigenvalue weighted by atomic mass is 19.3. The van der Waals surface area contributed by atoms with E-state index in [2.05, 4.69) is 47.6 Å². The van der Waals surface area contributed by atoms with E-state index in [1.165, 1.54) is 36.2 Å². The summed E-state index contributed by atoms with van der Waals surface area (Å²) in [5.41, 5.74) is 2.18. The number of anilines is 2. The first-order chi connectivity index (χ1) is 31.0. The first-order valence-electron chi connectivity index (χ1n) is 22.6. The zero-order chi connectivity index (χ0) is 44.1. The molecule has 10 rings (SSSR count). The predicted octanol–water partition coefficient (Wildman–Crippen LogP) is 5.97. The highest BCUT2D eigenvalue weighted by Gasteiger charge is 2.36. The number of rotatable bonds is 12. The van der Waals surface area contributed by atoms with Crippen molar-refractivity contribution in [2.45, 2.75) is 94.9 Å². The summed E-state index contributed by atoms with van der Waals surface area (Å²) in [6, 6.07) is 7.41. The monoisotopic (exact) mass is 879 g/mol. The second-order valence-corrected chi connectivity index (χ2v) is 18.3. The molecule has 3 amide bonds. The van der Waals surface area contributed by atoms with E-state index in [9.17, 15) is 23.2 Å². The number of likely N-dealkylation sites (tertiary alicyclic amines) is 1. The second-order valence-electron chi connectivity index (χ2n) is 18.3. The van der Waals surface area contributed by atoms with Crippen molar-refractivity contribution in [3.05, 3.63) is 65.4 Å². The summed E-state index contributed by atoms with van der Waals surface area (Å²) in [6.07, 6.45) is 8.32. The number of carbonyl (C=O) groups excluding carboxylic acids is 3. The number of nitrogens with zero attached hydrogens (tertiary/aromatic N) is 9. The predicted molar refractivity (Wildman–Crippen MR) is 231 cm³/mol. The Morgan fingerprint density at radius 2 is 1.81 bits per heavy atom. The number of nitrogens with one attached hydrogen (secondary N) is 2. The fourth-order valence-electron chi connectivity index (χ4n) is 10.2. The van der Waals surface area contributed by atoms with E-state index in [0.717, 1.165) is 73.5 Å². The lowest BCUT2D eigenvalue weighted by Crippen LogP contribution is -2.47. The summed E-state index contributed by atoms with van der Waals surface area (Å²) >= 11 is 0. The molecular formula is C46H52F3N11O4. The number of carbonyl (C=O) groups is 3. The Labute approximate surface area is 368 Å². The standard InChI is InChI=1S/C46H52F3N11O4/c1-56-42-30(4-2-6-32(42)40(54-56)33-13-14-39(61)53-45(33)62)5-3-19-64-37-15-17-57(25-35(37)47)22-28-9-11-31(12-10-28)60-26-36(41(55-60)43(48)49)51-46(63)34-21-50-59-18-16-38(52-44(34)59)58-23-29(24-58)20-27-7-8-27/h2,4,6,16,18,21,26-29,31,33,35,37,43H,7-15,17,19-20,22-25H2,1H3,(H,51,63)(H,53,61,62)/t28?,31?,33?,35-,37+/m0/s1. The Balaban J connectivity index is 0.697. The quantitative estimate of drug-likeness (QED) is 0.113. The third-order valence-corrected chi connectivity index (χ3v) is 13.8. The summed E-state index contributed by atoms with van der Waals surface area (Å²) < 4.78 is 54.8. The number of fused-ring (bicyclic) bond motifs is 2. The molecular weight excluding hydrogens is 828 g/mol. The fourth-order valence-corrected chi connectivity index (χ4v) is 10.2. The maximum atomic E-state index is 15.5. The van der Waals surface area contributed by atoms with Crippen LogP contribution in [0.25, 0.3) is 16.6 Å². The van der Waals surface area contributed by atoms with Crippen molar-refractivity contribution < 1.29 is 32.3 Å². The van der Waals surface area contributed by atoms with Crippen LogP contribution < -0.4 is 15.5 Å². The lowest BCUT2D eigenvalue weighted by atomic mass is 9.85. The minimum atomic E-state index is -2.88. The normalized spacial score (nSPS) is 24.5. The Kier molecular flexibility index (Phi) is 11.6. The lowest BCUT2D eigenvalue weighted by Gasteiger charge is -2.40. The van der Waals surface area contributed by atoms with Crippen LogP contribution >= 0.6 is 0 Å². The van der Waals surface area contributed by atoms with Crippen LogP contribution in [0.3, 0.4) is 0 Å². The summed E-state index contributed by atoms with van der Waals surface area (Å²) in [7, 11) is 1.80. The average molecular weight is 880 g/mol. The Morgan fingerprint density at radius 1 is 1.00 bits per heavy atom. The molecule has 3 atom stereocenters. The van der Waals surface area contributed by atoms with Gasteiger partial charge in [0.25, 0.3) is 12.3 Å². The van der Waals surface area contributed by atoms with Crippen LogP contribution in [0.2, 0.25) is 0 Å². The fraction of sp³-hybridized carbons (Fsp3) is 0.543. The molecule has 2 N–H and O–H groups in total. The van der Waals surface area contributed by atoms with Crippen molar-refractivity contribution in [2.75, 3.05) is 49.5 Å². The maximum absolute atomic E-state index is 15.5. The van der Waals surface area contributed by atoms with Crippen molar-refractivity contribution in [1.29, 1.82) is 0 Å². The first-order valence-corrected chi connectivity index (χ1v) is 22.6. The van der Waals surface area contributed by atoms with Gasteiger partial charge in [-0.2, -0.15) is 15.3 Å². The number of imide groups is 1. The molecule has 0 radical (unpaired) electrons. The van der Waals surface area contributed by atoms with E-state index < -0.39 is 36.2 Å². The molecule has 5 fully saturated rings. The maximum Gasteiger partial charge on any atom is 0.284 e. The van der Waals surface area contributed by atoms with Gasteiger partial charge in [0.2, 0.25) is 11.8 Å².